The van der Waals surface area contributed by atoms with Crippen molar-refractivity contribution < 1.29 is 9.53 Å². The van der Waals surface area contributed by atoms with Crippen molar-refractivity contribution in [2.75, 3.05) is 20.3 Å². The number of methoxy groups -OCH3 is 1. The zero-order valence-corrected chi connectivity index (χ0v) is 13.1. The number of ether oxygens (including phenoxy) is 1. The van der Waals surface area contributed by atoms with Crippen LogP contribution >= 0.6 is 11.6 Å². The highest BCUT2D eigenvalue weighted by atomic mass is 35.5. The van der Waals surface area contributed by atoms with Crippen molar-refractivity contribution in [3.63, 3.8) is 0 Å². The monoisotopic (exact) mass is 324 g/mol. The Bertz CT molecular complexity index is 710. The molecular formula is C14H17ClN4O3. The molecule has 2 aromatic rings. The van der Waals surface area contributed by atoms with E-state index in [1.165, 1.54) is 12.3 Å². The minimum absolute atomic E-state index is 0.0149. The van der Waals surface area contributed by atoms with Gasteiger partial charge in [-0.05, 0) is 6.07 Å². The summed E-state index contributed by atoms with van der Waals surface area (Å²) in [6.07, 6.45) is 4.90. The van der Waals surface area contributed by atoms with E-state index in [1.807, 2.05) is 13.2 Å². The Morgan fingerprint density at radius 2 is 2.32 bits per heavy atom. The third-order valence-corrected chi connectivity index (χ3v) is 3.37. The number of aromatic amines is 1. The van der Waals surface area contributed by atoms with E-state index in [1.54, 1.807) is 22.9 Å². The quantitative estimate of drug-likeness (QED) is 0.861. The van der Waals surface area contributed by atoms with Gasteiger partial charge in [0.1, 0.15) is 5.02 Å². The van der Waals surface area contributed by atoms with Crippen LogP contribution in [0.2, 0.25) is 5.02 Å². The normalized spacial score (nSPS) is 10.7. The highest BCUT2D eigenvalue weighted by Crippen LogP contribution is 2.11. The number of nitrogens with zero attached hydrogens (tertiary/aromatic N) is 3. The average Bonchev–Trinajstić information content (AvgIpc) is 2.91. The van der Waals surface area contributed by atoms with E-state index >= 15 is 0 Å². The fraction of sp³-hybridized carbons (Fsp3) is 0.357. The Labute approximate surface area is 132 Å². The Morgan fingerprint density at radius 1 is 1.55 bits per heavy atom. The predicted molar refractivity (Wildman–Crippen MR) is 81.9 cm³/mol. The third-order valence-electron chi connectivity index (χ3n) is 3.09. The van der Waals surface area contributed by atoms with Crippen molar-refractivity contribution in [3.05, 3.63) is 51.2 Å². The van der Waals surface area contributed by atoms with Gasteiger partial charge in [-0.3, -0.25) is 14.3 Å². The zero-order valence-electron chi connectivity index (χ0n) is 12.4. The number of pyridine rings is 1. The van der Waals surface area contributed by atoms with E-state index in [4.69, 9.17) is 16.3 Å². The third kappa shape index (κ3) is 3.96. The van der Waals surface area contributed by atoms with Crippen LogP contribution in [-0.4, -0.2) is 45.8 Å². The SMILES string of the molecule is COCCN(Cc1cnn(C)c1)C(=O)c1c[nH]c(=O)c(Cl)c1. The van der Waals surface area contributed by atoms with E-state index in [0.717, 1.165) is 5.56 Å². The second kappa shape index (κ2) is 7.24. The van der Waals surface area contributed by atoms with E-state index in [9.17, 15) is 9.59 Å². The molecule has 0 fully saturated rings. The molecule has 0 aliphatic heterocycles. The maximum Gasteiger partial charge on any atom is 0.266 e. The second-order valence-corrected chi connectivity index (χ2v) is 5.21. The van der Waals surface area contributed by atoms with Crippen LogP contribution in [-0.2, 0) is 18.3 Å². The largest absolute Gasteiger partial charge is 0.383 e. The maximum atomic E-state index is 12.6. The summed E-state index contributed by atoms with van der Waals surface area (Å²) >= 11 is 5.78. The first-order valence-corrected chi connectivity index (χ1v) is 7.03. The molecule has 0 aliphatic rings. The smallest absolute Gasteiger partial charge is 0.266 e. The first-order chi connectivity index (χ1) is 10.5. The summed E-state index contributed by atoms with van der Waals surface area (Å²) in [4.78, 5) is 27.9. The minimum atomic E-state index is -0.422. The molecule has 0 aromatic carbocycles. The van der Waals surface area contributed by atoms with Gasteiger partial charge < -0.3 is 14.6 Å². The summed E-state index contributed by atoms with van der Waals surface area (Å²) in [6, 6.07) is 1.37. The standard InChI is InChI=1S/C14H17ClN4O3/c1-18-8-10(6-17-18)9-19(3-4-22-2)14(21)11-5-12(15)13(20)16-7-11/h5-8H,3-4,9H2,1-2H3,(H,16,20). The van der Waals surface area contributed by atoms with Crippen molar-refractivity contribution in [3.8, 4) is 0 Å². The molecule has 118 valence electrons. The Morgan fingerprint density at radius 3 is 2.91 bits per heavy atom. The first-order valence-electron chi connectivity index (χ1n) is 6.65. The fourth-order valence-corrected chi connectivity index (χ4v) is 2.16. The van der Waals surface area contributed by atoms with Gasteiger partial charge in [-0.1, -0.05) is 11.6 Å². The number of hydrogen-bond donors (Lipinski definition) is 1. The molecule has 0 aliphatic carbocycles. The van der Waals surface area contributed by atoms with Crippen molar-refractivity contribution in [1.29, 1.82) is 0 Å². The van der Waals surface area contributed by atoms with Gasteiger partial charge in [0.25, 0.3) is 11.5 Å². The number of carbonyl (C=O) groups is 1. The molecule has 7 nitrogen and oxygen atoms in total. The lowest BCUT2D eigenvalue weighted by atomic mass is 10.2. The molecule has 0 saturated carbocycles. The Balaban J connectivity index is 2.21. The number of halogens is 1. The van der Waals surface area contributed by atoms with E-state index in [2.05, 4.69) is 10.1 Å². The van der Waals surface area contributed by atoms with Crippen LogP contribution in [0, 0.1) is 0 Å². The van der Waals surface area contributed by atoms with Crippen molar-refractivity contribution >= 4 is 17.5 Å². The summed E-state index contributed by atoms with van der Waals surface area (Å²) in [5, 5.41) is 4.07. The van der Waals surface area contributed by atoms with Gasteiger partial charge >= 0.3 is 0 Å². The second-order valence-electron chi connectivity index (χ2n) is 4.81. The highest BCUT2D eigenvalue weighted by molar-refractivity contribution is 6.30. The number of carbonyl (C=O) groups excluding carboxylic acids is 1. The van der Waals surface area contributed by atoms with Crippen LogP contribution in [0.15, 0.2) is 29.5 Å². The number of aryl methyl sites for hydroxylation is 1. The predicted octanol–water partition coefficient (Wildman–Crippen LogP) is 1.05. The van der Waals surface area contributed by atoms with Crippen LogP contribution < -0.4 is 5.56 Å². The Hall–Kier alpha value is -2.12. The summed E-state index contributed by atoms with van der Waals surface area (Å²) in [6.45, 7) is 1.22. The summed E-state index contributed by atoms with van der Waals surface area (Å²) in [5.41, 5.74) is 0.806. The van der Waals surface area contributed by atoms with Gasteiger partial charge in [0.2, 0.25) is 0 Å². The summed E-state index contributed by atoms with van der Waals surface area (Å²) in [7, 11) is 3.39. The number of amides is 1. The van der Waals surface area contributed by atoms with Crippen molar-refractivity contribution in [2.24, 2.45) is 7.05 Å². The van der Waals surface area contributed by atoms with Gasteiger partial charge in [0, 0.05) is 45.2 Å². The molecule has 22 heavy (non-hydrogen) atoms. The lowest BCUT2D eigenvalue weighted by Crippen LogP contribution is -2.33. The maximum absolute atomic E-state index is 12.6. The minimum Gasteiger partial charge on any atom is -0.383 e. The number of H-pyrrole nitrogens is 1. The van der Waals surface area contributed by atoms with Crippen LogP contribution in [0.1, 0.15) is 15.9 Å². The molecule has 2 aromatic heterocycles. The number of hydrogen-bond acceptors (Lipinski definition) is 4. The molecule has 0 unspecified atom stereocenters. The van der Waals surface area contributed by atoms with Crippen LogP contribution in [0.3, 0.4) is 0 Å². The van der Waals surface area contributed by atoms with Gasteiger partial charge in [-0.2, -0.15) is 5.10 Å². The van der Waals surface area contributed by atoms with Crippen LogP contribution in [0.25, 0.3) is 0 Å². The molecule has 0 radical (unpaired) electrons. The molecule has 0 spiro atoms. The van der Waals surface area contributed by atoms with E-state index in [0.29, 0.717) is 25.3 Å². The lowest BCUT2D eigenvalue weighted by molar-refractivity contribution is 0.0680. The molecule has 2 rings (SSSR count). The van der Waals surface area contributed by atoms with Gasteiger partial charge in [0.15, 0.2) is 0 Å². The van der Waals surface area contributed by atoms with E-state index in [-0.39, 0.29) is 10.9 Å². The number of aromatic nitrogens is 3. The Kier molecular flexibility index (Phi) is 5.35. The molecule has 1 N–H and O–H groups in total. The van der Waals surface area contributed by atoms with Gasteiger partial charge in [-0.25, -0.2) is 0 Å². The van der Waals surface area contributed by atoms with Gasteiger partial charge in [0.05, 0.1) is 18.4 Å². The highest BCUT2D eigenvalue weighted by Gasteiger charge is 2.17. The molecule has 1 amide bonds. The molecule has 2 heterocycles. The summed E-state index contributed by atoms with van der Waals surface area (Å²) < 4.78 is 6.72. The topological polar surface area (TPSA) is 80.2 Å². The zero-order chi connectivity index (χ0) is 16.1. The number of nitrogens with one attached hydrogen (secondary N) is 1. The molecule has 0 atom stereocenters. The molecular weight excluding hydrogens is 308 g/mol. The number of rotatable bonds is 6. The molecule has 8 heteroatoms. The fourth-order valence-electron chi connectivity index (χ4n) is 1.99. The van der Waals surface area contributed by atoms with Crippen LogP contribution in [0.4, 0.5) is 0 Å². The summed E-state index contributed by atoms with van der Waals surface area (Å²) in [5.74, 6) is -0.237. The van der Waals surface area contributed by atoms with Crippen molar-refractivity contribution in [1.82, 2.24) is 19.7 Å². The van der Waals surface area contributed by atoms with Gasteiger partial charge in [-0.15, -0.1) is 0 Å². The van der Waals surface area contributed by atoms with Crippen molar-refractivity contribution in [2.45, 2.75) is 6.54 Å². The molecule has 0 bridgehead atoms. The lowest BCUT2D eigenvalue weighted by Gasteiger charge is -2.21. The van der Waals surface area contributed by atoms with Crippen LogP contribution in [0.5, 0.6) is 0 Å². The first kappa shape index (κ1) is 16.3. The molecule has 0 saturated heterocycles. The average molecular weight is 325 g/mol. The van der Waals surface area contributed by atoms with E-state index < -0.39 is 5.56 Å².